The van der Waals surface area contributed by atoms with Gasteiger partial charge in [-0.15, -0.1) is 0 Å². The molecule has 3 rings (SSSR count). The number of nitrogens with zero attached hydrogens (tertiary/aromatic N) is 1. The Hall–Kier alpha value is -2.96. The fraction of sp³-hybridized carbons (Fsp3) is 0.364. The molecule has 2 amide bonds. The van der Waals surface area contributed by atoms with Gasteiger partial charge in [-0.1, -0.05) is 51.1 Å². The van der Waals surface area contributed by atoms with Crippen molar-refractivity contribution >= 4 is 11.8 Å². The van der Waals surface area contributed by atoms with Crippen LogP contribution in [0.2, 0.25) is 0 Å². The van der Waals surface area contributed by atoms with Gasteiger partial charge >= 0.3 is 6.61 Å². The van der Waals surface area contributed by atoms with Crippen LogP contribution in [0.5, 0.6) is 5.75 Å². The molecule has 2 aromatic rings. The van der Waals surface area contributed by atoms with Crippen LogP contribution in [0.15, 0.2) is 48.5 Å². The minimum atomic E-state index is -2.91. The molecule has 0 radical (unpaired) electrons. The Labute approximate surface area is 168 Å². The molecule has 0 spiro atoms. The third-order valence-corrected chi connectivity index (χ3v) is 4.54. The van der Waals surface area contributed by atoms with Gasteiger partial charge in [0.05, 0.1) is 0 Å². The molecule has 1 unspecified atom stereocenters. The van der Waals surface area contributed by atoms with Crippen LogP contribution in [-0.4, -0.2) is 29.9 Å². The average molecular weight is 402 g/mol. The van der Waals surface area contributed by atoms with Crippen molar-refractivity contribution in [1.29, 1.82) is 0 Å². The number of nitrogens with one attached hydrogen (secondary N) is 1. The molecule has 2 aromatic carbocycles. The van der Waals surface area contributed by atoms with Gasteiger partial charge in [-0.2, -0.15) is 8.78 Å². The number of benzene rings is 2. The summed E-state index contributed by atoms with van der Waals surface area (Å²) in [4.78, 5) is 27.5. The quantitative estimate of drug-likeness (QED) is 0.790. The first kappa shape index (κ1) is 20.8. The molecule has 1 atom stereocenters. The predicted molar refractivity (Wildman–Crippen MR) is 105 cm³/mol. The predicted octanol–water partition coefficient (Wildman–Crippen LogP) is 4.15. The maximum atomic E-state index is 13.0. The molecular weight excluding hydrogens is 378 g/mol. The SMILES string of the molecule is CC(C)(C)CN1C(=O)c2ccccc2C1C(=O)NCc1cccc(OC(F)F)c1. The molecule has 0 fully saturated rings. The van der Waals surface area contributed by atoms with Gasteiger partial charge in [-0.25, -0.2) is 0 Å². The maximum absolute atomic E-state index is 13.0. The van der Waals surface area contributed by atoms with E-state index in [1.54, 1.807) is 41.3 Å². The number of rotatable bonds is 6. The van der Waals surface area contributed by atoms with Crippen molar-refractivity contribution in [1.82, 2.24) is 10.2 Å². The van der Waals surface area contributed by atoms with E-state index in [0.717, 1.165) is 0 Å². The maximum Gasteiger partial charge on any atom is 0.387 e. The zero-order valence-electron chi connectivity index (χ0n) is 16.6. The number of ether oxygens (including phenoxy) is 1. The molecule has 0 aromatic heterocycles. The summed E-state index contributed by atoms with van der Waals surface area (Å²) in [7, 11) is 0. The van der Waals surface area contributed by atoms with Crippen molar-refractivity contribution in [2.75, 3.05) is 6.54 Å². The summed E-state index contributed by atoms with van der Waals surface area (Å²) in [6.07, 6.45) is 0. The standard InChI is InChI=1S/C22H24F2N2O3/c1-22(2,3)13-26-18(16-9-4-5-10-17(16)20(26)28)19(27)25-12-14-7-6-8-15(11-14)29-21(23)24/h4-11,18,21H,12-13H2,1-3H3,(H,25,27). The minimum Gasteiger partial charge on any atom is -0.435 e. The molecule has 1 heterocycles. The van der Waals surface area contributed by atoms with Crippen molar-refractivity contribution in [2.45, 2.75) is 40.0 Å². The Morgan fingerprint density at radius 2 is 1.90 bits per heavy atom. The number of hydrogen-bond donors (Lipinski definition) is 1. The second-order valence-corrected chi connectivity index (χ2v) is 8.23. The molecule has 7 heteroatoms. The van der Waals surface area contributed by atoms with Gasteiger partial charge in [-0.3, -0.25) is 9.59 Å². The van der Waals surface area contributed by atoms with E-state index in [1.165, 1.54) is 12.1 Å². The largest absolute Gasteiger partial charge is 0.435 e. The zero-order chi connectivity index (χ0) is 21.2. The van der Waals surface area contributed by atoms with Gasteiger partial charge in [0.1, 0.15) is 11.8 Å². The lowest BCUT2D eigenvalue weighted by Crippen LogP contribution is -2.42. The molecule has 1 aliphatic rings. The van der Waals surface area contributed by atoms with Crippen LogP contribution in [0.25, 0.3) is 0 Å². The molecule has 0 aliphatic carbocycles. The lowest BCUT2D eigenvalue weighted by molar-refractivity contribution is -0.126. The molecule has 29 heavy (non-hydrogen) atoms. The van der Waals surface area contributed by atoms with E-state index in [0.29, 0.717) is 23.2 Å². The summed E-state index contributed by atoms with van der Waals surface area (Å²) in [5.74, 6) is -0.446. The van der Waals surface area contributed by atoms with E-state index in [-0.39, 0.29) is 29.5 Å². The summed E-state index contributed by atoms with van der Waals surface area (Å²) in [5.41, 5.74) is 1.65. The van der Waals surface area contributed by atoms with Crippen molar-refractivity contribution in [3.8, 4) is 5.75 Å². The molecule has 5 nitrogen and oxygen atoms in total. The number of halogens is 2. The Kier molecular flexibility index (Phi) is 5.86. The Bertz CT molecular complexity index is 909. The van der Waals surface area contributed by atoms with Crippen LogP contribution in [0, 0.1) is 5.41 Å². The van der Waals surface area contributed by atoms with Gasteiger partial charge in [0, 0.05) is 18.7 Å². The van der Waals surface area contributed by atoms with E-state index >= 15 is 0 Å². The number of alkyl halides is 2. The second-order valence-electron chi connectivity index (χ2n) is 8.23. The molecule has 0 bridgehead atoms. The minimum absolute atomic E-state index is 0.0301. The highest BCUT2D eigenvalue weighted by Crippen LogP contribution is 2.36. The molecular formula is C22H24F2N2O3. The highest BCUT2D eigenvalue weighted by atomic mass is 19.3. The first-order valence-electron chi connectivity index (χ1n) is 9.37. The fourth-order valence-electron chi connectivity index (χ4n) is 3.44. The van der Waals surface area contributed by atoms with Crippen LogP contribution < -0.4 is 10.1 Å². The molecule has 0 saturated carbocycles. The van der Waals surface area contributed by atoms with Crippen LogP contribution in [0.3, 0.4) is 0 Å². The summed E-state index contributed by atoms with van der Waals surface area (Å²) >= 11 is 0. The molecule has 0 saturated heterocycles. The molecule has 154 valence electrons. The van der Waals surface area contributed by atoms with Crippen molar-refractivity contribution in [3.63, 3.8) is 0 Å². The first-order valence-corrected chi connectivity index (χ1v) is 9.37. The van der Waals surface area contributed by atoms with Gasteiger partial charge in [0.25, 0.3) is 5.91 Å². The number of fused-ring (bicyclic) bond motifs is 1. The highest BCUT2D eigenvalue weighted by molar-refractivity contribution is 6.04. The van der Waals surface area contributed by atoms with Gasteiger partial charge in [0.2, 0.25) is 5.91 Å². The first-order chi connectivity index (χ1) is 13.7. The van der Waals surface area contributed by atoms with Gasteiger partial charge < -0.3 is 15.0 Å². The lowest BCUT2D eigenvalue weighted by Gasteiger charge is -2.31. The van der Waals surface area contributed by atoms with Gasteiger partial charge in [0.15, 0.2) is 0 Å². The normalized spacial score (nSPS) is 16.1. The summed E-state index contributed by atoms with van der Waals surface area (Å²) in [6.45, 7) is 3.67. The second kappa shape index (κ2) is 8.19. The third kappa shape index (κ3) is 4.91. The van der Waals surface area contributed by atoms with E-state index in [1.807, 2.05) is 20.8 Å². The van der Waals surface area contributed by atoms with Crippen LogP contribution >= 0.6 is 0 Å². The summed E-state index contributed by atoms with van der Waals surface area (Å²) in [5, 5.41) is 2.82. The van der Waals surface area contributed by atoms with Crippen molar-refractivity contribution in [2.24, 2.45) is 5.41 Å². The number of carbonyl (C=O) groups is 2. The summed E-state index contributed by atoms with van der Waals surface area (Å²) < 4.78 is 29.2. The van der Waals surface area contributed by atoms with Crippen LogP contribution in [0.1, 0.15) is 48.3 Å². The number of carbonyl (C=O) groups excluding carboxylic acids is 2. The Morgan fingerprint density at radius 1 is 1.17 bits per heavy atom. The van der Waals surface area contributed by atoms with E-state index < -0.39 is 12.7 Å². The van der Waals surface area contributed by atoms with Crippen LogP contribution in [-0.2, 0) is 11.3 Å². The zero-order valence-corrected chi connectivity index (χ0v) is 16.6. The number of amides is 2. The number of hydrogen-bond acceptors (Lipinski definition) is 3. The van der Waals surface area contributed by atoms with Crippen LogP contribution in [0.4, 0.5) is 8.78 Å². The van der Waals surface area contributed by atoms with Crippen molar-refractivity contribution in [3.05, 3.63) is 65.2 Å². The Balaban J connectivity index is 1.78. The monoisotopic (exact) mass is 402 g/mol. The summed E-state index contributed by atoms with van der Waals surface area (Å²) in [6, 6.07) is 12.5. The van der Waals surface area contributed by atoms with Gasteiger partial charge in [-0.05, 0) is 34.7 Å². The third-order valence-electron chi connectivity index (χ3n) is 4.54. The Morgan fingerprint density at radius 3 is 2.59 bits per heavy atom. The van der Waals surface area contributed by atoms with E-state index in [4.69, 9.17) is 0 Å². The fourth-order valence-corrected chi connectivity index (χ4v) is 3.44. The topological polar surface area (TPSA) is 58.6 Å². The van der Waals surface area contributed by atoms with E-state index in [2.05, 4.69) is 10.1 Å². The molecule has 1 aliphatic heterocycles. The smallest absolute Gasteiger partial charge is 0.387 e. The van der Waals surface area contributed by atoms with Crippen molar-refractivity contribution < 1.29 is 23.1 Å². The van der Waals surface area contributed by atoms with E-state index in [9.17, 15) is 18.4 Å². The average Bonchev–Trinajstić information content (AvgIpc) is 2.90. The highest BCUT2D eigenvalue weighted by Gasteiger charge is 2.42. The molecule has 1 N–H and O–H groups in total. The lowest BCUT2D eigenvalue weighted by atomic mass is 9.95.